The number of allylic oxidation sites excluding steroid dienone is 2. The van der Waals surface area contributed by atoms with Crippen LogP contribution in [0.1, 0.15) is 39.5 Å². The molecule has 0 N–H and O–H groups in total. The topological polar surface area (TPSA) is 17.1 Å². The number of hydrogen-bond acceptors (Lipinski definition) is 1. The first-order chi connectivity index (χ1) is 5.66. The Hall–Kier alpha value is -0.300. The van der Waals surface area contributed by atoms with Gasteiger partial charge < -0.3 is 4.79 Å². The minimum Gasteiger partial charge on any atom is -0.300 e. The van der Waals surface area contributed by atoms with Crippen LogP contribution in [0.15, 0.2) is 11.6 Å². The molecular formula is C10H17ClO. The molecule has 0 aliphatic heterocycles. The van der Waals surface area contributed by atoms with E-state index in [1.807, 2.05) is 0 Å². The number of rotatable bonds is 6. The number of carbonyl (C=O) groups excluding carboxylic acids is 1. The van der Waals surface area contributed by atoms with Gasteiger partial charge in [0.2, 0.25) is 0 Å². The van der Waals surface area contributed by atoms with Gasteiger partial charge >= 0.3 is 0 Å². The lowest BCUT2D eigenvalue weighted by Gasteiger charge is -1.97. The third kappa shape index (κ3) is 7.80. The molecule has 70 valence electrons. The van der Waals surface area contributed by atoms with E-state index in [0.29, 0.717) is 6.42 Å². The van der Waals surface area contributed by atoms with Crippen molar-refractivity contribution in [1.29, 1.82) is 0 Å². The van der Waals surface area contributed by atoms with E-state index in [1.54, 1.807) is 6.92 Å². The Morgan fingerprint density at radius 1 is 1.33 bits per heavy atom. The van der Waals surface area contributed by atoms with Gasteiger partial charge in [0.05, 0.1) is 0 Å². The van der Waals surface area contributed by atoms with Crippen molar-refractivity contribution in [3.05, 3.63) is 11.6 Å². The summed E-state index contributed by atoms with van der Waals surface area (Å²) >= 11 is 5.55. The third-order valence-corrected chi connectivity index (χ3v) is 1.96. The summed E-state index contributed by atoms with van der Waals surface area (Å²) < 4.78 is 0. The molecule has 2 heteroatoms. The first-order valence-corrected chi connectivity index (χ1v) is 4.91. The standard InChI is InChI=1S/C10H17ClO/c1-9(6-4-8-11)5-3-7-10(2)12/h5H,3-4,6-8H2,1-2H3. The molecule has 0 aromatic carbocycles. The number of Topliss-reactive ketones (excluding diaryl/α,β-unsaturated/α-hetero) is 1. The first-order valence-electron chi connectivity index (χ1n) is 4.38. The highest BCUT2D eigenvalue weighted by atomic mass is 35.5. The summed E-state index contributed by atoms with van der Waals surface area (Å²) in [5, 5.41) is 0. The Labute approximate surface area is 79.8 Å². The lowest BCUT2D eigenvalue weighted by atomic mass is 10.1. The summed E-state index contributed by atoms with van der Waals surface area (Å²) in [6.07, 6.45) is 5.76. The van der Waals surface area contributed by atoms with Crippen LogP contribution in [0.2, 0.25) is 0 Å². The molecule has 0 saturated heterocycles. The Kier molecular flexibility index (Phi) is 7.17. The molecule has 0 radical (unpaired) electrons. The summed E-state index contributed by atoms with van der Waals surface area (Å²) in [5.74, 6) is 0.981. The summed E-state index contributed by atoms with van der Waals surface area (Å²) in [7, 11) is 0. The van der Waals surface area contributed by atoms with Gasteiger partial charge in [0, 0.05) is 12.3 Å². The molecular weight excluding hydrogens is 172 g/mol. The number of halogens is 1. The largest absolute Gasteiger partial charge is 0.300 e. The van der Waals surface area contributed by atoms with Gasteiger partial charge in [-0.1, -0.05) is 11.6 Å². The quantitative estimate of drug-likeness (QED) is 0.462. The fraction of sp³-hybridized carbons (Fsp3) is 0.700. The van der Waals surface area contributed by atoms with Crippen molar-refractivity contribution in [1.82, 2.24) is 0 Å². The van der Waals surface area contributed by atoms with Crippen molar-refractivity contribution < 1.29 is 4.79 Å². The normalized spacial score (nSPS) is 11.8. The van der Waals surface area contributed by atoms with Crippen molar-refractivity contribution in [3.8, 4) is 0 Å². The second-order valence-corrected chi connectivity index (χ2v) is 3.46. The van der Waals surface area contributed by atoms with Gasteiger partial charge in [-0.3, -0.25) is 0 Å². The van der Waals surface area contributed by atoms with Gasteiger partial charge in [-0.2, -0.15) is 0 Å². The zero-order chi connectivity index (χ0) is 9.40. The Morgan fingerprint density at radius 2 is 2.00 bits per heavy atom. The van der Waals surface area contributed by atoms with Crippen LogP contribution < -0.4 is 0 Å². The zero-order valence-corrected chi connectivity index (χ0v) is 8.66. The summed E-state index contributed by atoms with van der Waals surface area (Å²) in [4.78, 5) is 10.6. The van der Waals surface area contributed by atoms with Gasteiger partial charge in [-0.15, -0.1) is 11.6 Å². The molecule has 0 heterocycles. The highest BCUT2D eigenvalue weighted by molar-refractivity contribution is 6.17. The van der Waals surface area contributed by atoms with E-state index in [9.17, 15) is 4.79 Å². The molecule has 0 unspecified atom stereocenters. The van der Waals surface area contributed by atoms with E-state index in [1.165, 1.54) is 5.57 Å². The molecule has 0 bridgehead atoms. The van der Waals surface area contributed by atoms with Gasteiger partial charge in [-0.05, 0) is 33.1 Å². The van der Waals surface area contributed by atoms with Gasteiger partial charge in [0.25, 0.3) is 0 Å². The second-order valence-electron chi connectivity index (χ2n) is 3.08. The maximum absolute atomic E-state index is 10.6. The van der Waals surface area contributed by atoms with E-state index in [4.69, 9.17) is 11.6 Å². The minimum absolute atomic E-state index is 0.261. The minimum atomic E-state index is 0.261. The van der Waals surface area contributed by atoms with Crippen LogP contribution in [0.3, 0.4) is 0 Å². The van der Waals surface area contributed by atoms with Crippen LogP contribution in [-0.4, -0.2) is 11.7 Å². The first kappa shape index (κ1) is 11.7. The average Bonchev–Trinajstić information content (AvgIpc) is 2.00. The molecule has 0 aliphatic rings. The van der Waals surface area contributed by atoms with E-state index >= 15 is 0 Å². The van der Waals surface area contributed by atoms with E-state index in [-0.39, 0.29) is 5.78 Å². The number of ketones is 1. The van der Waals surface area contributed by atoms with Crippen LogP contribution >= 0.6 is 11.6 Å². The Balaban J connectivity index is 3.47. The molecule has 12 heavy (non-hydrogen) atoms. The van der Waals surface area contributed by atoms with Gasteiger partial charge in [0.1, 0.15) is 5.78 Å². The third-order valence-electron chi connectivity index (χ3n) is 1.69. The summed E-state index contributed by atoms with van der Waals surface area (Å²) in [5.41, 5.74) is 1.34. The molecule has 0 atom stereocenters. The molecule has 0 aromatic rings. The molecule has 0 aromatic heterocycles. The molecule has 0 amide bonds. The van der Waals surface area contributed by atoms with Crippen molar-refractivity contribution in [2.45, 2.75) is 39.5 Å². The monoisotopic (exact) mass is 188 g/mol. The number of alkyl halides is 1. The summed E-state index contributed by atoms with van der Waals surface area (Å²) in [6.45, 7) is 3.72. The maximum atomic E-state index is 10.6. The maximum Gasteiger partial charge on any atom is 0.130 e. The molecule has 0 fully saturated rings. The van der Waals surface area contributed by atoms with Crippen molar-refractivity contribution in [2.75, 3.05) is 5.88 Å². The fourth-order valence-corrected chi connectivity index (χ4v) is 1.10. The lowest BCUT2D eigenvalue weighted by Crippen LogP contribution is -1.87. The highest BCUT2D eigenvalue weighted by Crippen LogP contribution is 2.06. The van der Waals surface area contributed by atoms with Crippen LogP contribution in [-0.2, 0) is 4.79 Å². The molecule has 0 saturated carbocycles. The summed E-state index contributed by atoms with van der Waals surface area (Å²) in [6, 6.07) is 0. The Bertz CT molecular complexity index is 161. The van der Waals surface area contributed by atoms with E-state index in [2.05, 4.69) is 13.0 Å². The van der Waals surface area contributed by atoms with Crippen LogP contribution in [0.25, 0.3) is 0 Å². The second kappa shape index (κ2) is 7.35. The number of carbonyl (C=O) groups is 1. The molecule has 1 nitrogen and oxygen atoms in total. The van der Waals surface area contributed by atoms with E-state index < -0.39 is 0 Å². The SMILES string of the molecule is CC(=O)CCC=C(C)CCCCl. The lowest BCUT2D eigenvalue weighted by molar-refractivity contribution is -0.116. The molecule has 0 rings (SSSR count). The fourth-order valence-electron chi connectivity index (χ4n) is 0.970. The van der Waals surface area contributed by atoms with Gasteiger partial charge in [-0.25, -0.2) is 0 Å². The van der Waals surface area contributed by atoms with Crippen LogP contribution in [0, 0.1) is 0 Å². The van der Waals surface area contributed by atoms with E-state index in [0.717, 1.165) is 25.1 Å². The van der Waals surface area contributed by atoms with Crippen LogP contribution in [0.4, 0.5) is 0 Å². The predicted octanol–water partition coefficient (Wildman–Crippen LogP) is 3.32. The predicted molar refractivity (Wildman–Crippen MR) is 53.6 cm³/mol. The van der Waals surface area contributed by atoms with Crippen molar-refractivity contribution in [3.63, 3.8) is 0 Å². The Morgan fingerprint density at radius 3 is 2.50 bits per heavy atom. The van der Waals surface area contributed by atoms with Crippen LogP contribution in [0.5, 0.6) is 0 Å². The average molecular weight is 189 g/mol. The van der Waals surface area contributed by atoms with Gasteiger partial charge in [0.15, 0.2) is 0 Å². The number of hydrogen-bond donors (Lipinski definition) is 0. The molecule has 0 spiro atoms. The van der Waals surface area contributed by atoms with Crippen molar-refractivity contribution >= 4 is 17.4 Å². The highest BCUT2D eigenvalue weighted by Gasteiger charge is 1.92. The molecule has 0 aliphatic carbocycles. The smallest absolute Gasteiger partial charge is 0.130 e. The van der Waals surface area contributed by atoms with Crippen molar-refractivity contribution in [2.24, 2.45) is 0 Å². The zero-order valence-electron chi connectivity index (χ0n) is 7.90.